The van der Waals surface area contributed by atoms with Crippen LogP contribution in [0.5, 0.6) is 0 Å². The lowest BCUT2D eigenvalue weighted by Crippen LogP contribution is -2.41. The lowest BCUT2D eigenvalue weighted by Gasteiger charge is -2.35. The van der Waals surface area contributed by atoms with Gasteiger partial charge in [-0.25, -0.2) is 4.98 Å². The highest BCUT2D eigenvalue weighted by atomic mass is 32.1. The Labute approximate surface area is 126 Å². The zero-order valence-electron chi connectivity index (χ0n) is 11.4. The predicted molar refractivity (Wildman–Crippen MR) is 84.4 cm³/mol. The van der Waals surface area contributed by atoms with Gasteiger partial charge in [0.1, 0.15) is 10.8 Å². The van der Waals surface area contributed by atoms with Gasteiger partial charge in [0.2, 0.25) is 0 Å². The Morgan fingerprint density at radius 1 is 1.50 bits per heavy atom. The number of anilines is 2. The molecule has 1 unspecified atom stereocenters. The SMILES string of the molecule is Cc1nc(-c2c(N)nsc2N2CCCCC2CO)cs1. The maximum absolute atomic E-state index is 9.59. The summed E-state index contributed by atoms with van der Waals surface area (Å²) in [6.07, 6.45) is 3.33. The van der Waals surface area contributed by atoms with E-state index in [0.717, 1.165) is 40.7 Å². The van der Waals surface area contributed by atoms with Crippen molar-refractivity contribution in [2.24, 2.45) is 0 Å². The summed E-state index contributed by atoms with van der Waals surface area (Å²) in [5.74, 6) is 0.539. The maximum Gasteiger partial charge on any atom is 0.148 e. The Bertz CT molecular complexity index is 595. The summed E-state index contributed by atoms with van der Waals surface area (Å²) in [5.41, 5.74) is 7.88. The third-order valence-corrected chi connectivity index (χ3v) is 5.35. The van der Waals surface area contributed by atoms with Crippen LogP contribution in [-0.4, -0.2) is 33.7 Å². The fourth-order valence-electron chi connectivity index (χ4n) is 2.67. The summed E-state index contributed by atoms with van der Waals surface area (Å²) in [7, 11) is 0. The molecule has 3 heterocycles. The Morgan fingerprint density at radius 2 is 2.35 bits per heavy atom. The van der Waals surface area contributed by atoms with Gasteiger partial charge in [-0.3, -0.25) is 0 Å². The fourth-order valence-corrected chi connectivity index (χ4v) is 4.19. The summed E-state index contributed by atoms with van der Waals surface area (Å²) in [4.78, 5) is 6.79. The standard InChI is InChI=1S/C13H18N4OS2/c1-8-15-10(7-19-8)11-12(14)16-20-13(11)17-5-3-2-4-9(17)6-18/h7,9,18H,2-6H2,1H3,(H2,14,16). The normalized spacial score (nSPS) is 19.5. The lowest BCUT2D eigenvalue weighted by molar-refractivity contribution is 0.240. The summed E-state index contributed by atoms with van der Waals surface area (Å²) < 4.78 is 4.31. The molecule has 0 amide bonds. The van der Waals surface area contributed by atoms with Crippen LogP contribution >= 0.6 is 22.9 Å². The second-order valence-corrected chi connectivity index (χ2v) is 6.84. The van der Waals surface area contributed by atoms with Crippen LogP contribution in [0, 0.1) is 6.92 Å². The first-order chi connectivity index (χ1) is 9.70. The Balaban J connectivity index is 2.01. The van der Waals surface area contributed by atoms with Crippen molar-refractivity contribution in [2.45, 2.75) is 32.2 Å². The van der Waals surface area contributed by atoms with Crippen LogP contribution in [0.25, 0.3) is 11.3 Å². The van der Waals surface area contributed by atoms with E-state index in [4.69, 9.17) is 5.73 Å². The van der Waals surface area contributed by atoms with Gasteiger partial charge in [0.05, 0.1) is 28.9 Å². The maximum atomic E-state index is 9.59. The molecule has 0 radical (unpaired) electrons. The first-order valence-electron chi connectivity index (χ1n) is 6.76. The van der Waals surface area contributed by atoms with Gasteiger partial charge in [-0.2, -0.15) is 4.37 Å². The van der Waals surface area contributed by atoms with Crippen molar-refractivity contribution in [3.05, 3.63) is 10.4 Å². The van der Waals surface area contributed by atoms with E-state index >= 15 is 0 Å². The summed E-state index contributed by atoms with van der Waals surface area (Å²) in [6, 6.07) is 0.169. The first-order valence-corrected chi connectivity index (χ1v) is 8.41. The molecule has 20 heavy (non-hydrogen) atoms. The van der Waals surface area contributed by atoms with Crippen LogP contribution in [0.2, 0.25) is 0 Å². The van der Waals surface area contributed by atoms with Crippen molar-refractivity contribution in [2.75, 3.05) is 23.8 Å². The van der Waals surface area contributed by atoms with Crippen LogP contribution in [0.4, 0.5) is 10.8 Å². The molecule has 1 atom stereocenters. The molecule has 0 aromatic carbocycles. The molecule has 2 aromatic rings. The minimum absolute atomic E-state index is 0.169. The van der Waals surface area contributed by atoms with Crippen LogP contribution in [-0.2, 0) is 0 Å². The van der Waals surface area contributed by atoms with Crippen molar-refractivity contribution in [3.8, 4) is 11.3 Å². The minimum atomic E-state index is 0.169. The van der Waals surface area contributed by atoms with Crippen molar-refractivity contribution in [1.82, 2.24) is 9.36 Å². The van der Waals surface area contributed by atoms with E-state index < -0.39 is 0 Å². The van der Waals surface area contributed by atoms with Gasteiger partial charge >= 0.3 is 0 Å². The molecule has 2 aromatic heterocycles. The third-order valence-electron chi connectivity index (χ3n) is 3.67. The Hall–Kier alpha value is -1.18. The molecular formula is C13H18N4OS2. The molecule has 3 N–H and O–H groups in total. The number of aliphatic hydroxyl groups is 1. The number of thiazole rings is 1. The second-order valence-electron chi connectivity index (χ2n) is 5.03. The van der Waals surface area contributed by atoms with Crippen molar-refractivity contribution < 1.29 is 5.11 Å². The molecule has 7 heteroatoms. The molecule has 0 bridgehead atoms. The Morgan fingerprint density at radius 3 is 3.05 bits per heavy atom. The summed E-state index contributed by atoms with van der Waals surface area (Å²) >= 11 is 3.03. The second kappa shape index (κ2) is 5.67. The van der Waals surface area contributed by atoms with Crippen molar-refractivity contribution >= 4 is 33.7 Å². The van der Waals surface area contributed by atoms with Gasteiger partial charge in [-0.1, -0.05) is 0 Å². The van der Waals surface area contributed by atoms with Crippen molar-refractivity contribution in [1.29, 1.82) is 0 Å². The van der Waals surface area contributed by atoms with Gasteiger partial charge in [0.25, 0.3) is 0 Å². The third kappa shape index (κ3) is 2.41. The highest BCUT2D eigenvalue weighted by molar-refractivity contribution is 7.11. The number of aryl methyl sites for hydroxylation is 1. The molecule has 1 aliphatic rings. The number of nitrogen functional groups attached to an aromatic ring is 1. The van der Waals surface area contributed by atoms with E-state index in [1.165, 1.54) is 18.0 Å². The van der Waals surface area contributed by atoms with Gasteiger partial charge in [-0.15, -0.1) is 11.3 Å². The van der Waals surface area contributed by atoms with E-state index in [1.54, 1.807) is 11.3 Å². The minimum Gasteiger partial charge on any atom is -0.394 e. The molecule has 0 aliphatic carbocycles. The largest absolute Gasteiger partial charge is 0.394 e. The van der Waals surface area contributed by atoms with Crippen molar-refractivity contribution in [3.63, 3.8) is 0 Å². The number of nitrogens with zero attached hydrogens (tertiary/aromatic N) is 3. The van der Waals surface area contributed by atoms with Crippen LogP contribution in [0.3, 0.4) is 0 Å². The number of aromatic nitrogens is 2. The number of hydrogen-bond donors (Lipinski definition) is 2. The highest BCUT2D eigenvalue weighted by Crippen LogP contribution is 2.41. The molecule has 1 aliphatic heterocycles. The number of piperidine rings is 1. The van der Waals surface area contributed by atoms with Gasteiger partial charge in [0, 0.05) is 11.9 Å². The quantitative estimate of drug-likeness (QED) is 0.911. The van der Waals surface area contributed by atoms with Crippen LogP contribution in [0.15, 0.2) is 5.38 Å². The van der Waals surface area contributed by atoms with Crippen LogP contribution < -0.4 is 10.6 Å². The average molecular weight is 310 g/mol. The Kier molecular flexibility index (Phi) is 3.91. The molecule has 108 valence electrons. The number of nitrogens with two attached hydrogens (primary N) is 1. The number of aliphatic hydroxyl groups excluding tert-OH is 1. The van der Waals surface area contributed by atoms with E-state index in [2.05, 4.69) is 14.3 Å². The van der Waals surface area contributed by atoms with E-state index in [1.807, 2.05) is 12.3 Å². The zero-order chi connectivity index (χ0) is 14.1. The molecule has 5 nitrogen and oxygen atoms in total. The fraction of sp³-hybridized carbons (Fsp3) is 0.538. The monoisotopic (exact) mass is 310 g/mol. The van der Waals surface area contributed by atoms with Crippen LogP contribution in [0.1, 0.15) is 24.3 Å². The molecule has 1 fully saturated rings. The van der Waals surface area contributed by atoms with Gasteiger partial charge < -0.3 is 15.7 Å². The number of rotatable bonds is 3. The predicted octanol–water partition coefficient (Wildman–Crippen LogP) is 2.51. The molecule has 0 saturated carbocycles. The topological polar surface area (TPSA) is 75.3 Å². The molecule has 0 spiro atoms. The van der Waals surface area contributed by atoms with E-state index in [9.17, 15) is 5.11 Å². The van der Waals surface area contributed by atoms with Gasteiger partial charge in [0.15, 0.2) is 0 Å². The smallest absolute Gasteiger partial charge is 0.148 e. The van der Waals surface area contributed by atoms with E-state index in [0.29, 0.717) is 5.82 Å². The summed E-state index contributed by atoms with van der Waals surface area (Å²) in [6.45, 7) is 3.11. The first kappa shape index (κ1) is 13.8. The zero-order valence-corrected chi connectivity index (χ0v) is 13.0. The van der Waals surface area contributed by atoms with E-state index in [-0.39, 0.29) is 12.6 Å². The molecule has 1 saturated heterocycles. The van der Waals surface area contributed by atoms with Gasteiger partial charge in [-0.05, 0) is 37.7 Å². The highest BCUT2D eigenvalue weighted by Gasteiger charge is 2.28. The summed E-state index contributed by atoms with van der Waals surface area (Å²) in [5, 5.41) is 13.7. The molecule has 3 rings (SSSR count). The lowest BCUT2D eigenvalue weighted by atomic mass is 10.0. The average Bonchev–Trinajstić information content (AvgIpc) is 3.04. The molecular weight excluding hydrogens is 292 g/mol. The number of hydrogen-bond acceptors (Lipinski definition) is 7.